The van der Waals surface area contributed by atoms with Crippen LogP contribution < -0.4 is 9.64 Å². The number of halogens is 1. The number of hydrogen-bond donors (Lipinski definition) is 0. The van der Waals surface area contributed by atoms with E-state index in [4.69, 9.17) is 4.74 Å². The van der Waals surface area contributed by atoms with E-state index in [-0.39, 0.29) is 24.8 Å². The van der Waals surface area contributed by atoms with Crippen molar-refractivity contribution >= 4 is 32.6 Å². The van der Waals surface area contributed by atoms with E-state index in [0.29, 0.717) is 21.9 Å². The van der Waals surface area contributed by atoms with E-state index in [0.717, 1.165) is 11.3 Å². The molecule has 0 spiro atoms. The number of carbonyl (C=O) groups is 1. The number of nitrogens with zero attached hydrogens (tertiary/aromatic N) is 3. The van der Waals surface area contributed by atoms with Crippen LogP contribution in [0.2, 0.25) is 0 Å². The van der Waals surface area contributed by atoms with Gasteiger partial charge in [-0.1, -0.05) is 29.5 Å². The van der Waals surface area contributed by atoms with Gasteiger partial charge in [0, 0.05) is 12.4 Å². The lowest BCUT2D eigenvalue weighted by Crippen LogP contribution is -2.31. The minimum absolute atomic E-state index is 0.114. The van der Waals surface area contributed by atoms with Gasteiger partial charge < -0.3 is 4.74 Å². The number of pyridine rings is 1. The molecule has 2 aromatic heterocycles. The fourth-order valence-electron chi connectivity index (χ4n) is 2.84. The zero-order chi connectivity index (χ0) is 20.1. The molecule has 5 nitrogen and oxygen atoms in total. The molecule has 146 valence electrons. The summed E-state index contributed by atoms with van der Waals surface area (Å²) in [6, 6.07) is 17.5. The van der Waals surface area contributed by atoms with Crippen LogP contribution >= 0.6 is 11.3 Å². The molecule has 2 aromatic carbocycles. The molecule has 0 bridgehead atoms. The van der Waals surface area contributed by atoms with Gasteiger partial charge in [-0.2, -0.15) is 0 Å². The van der Waals surface area contributed by atoms with Crippen molar-refractivity contribution in [2.45, 2.75) is 13.0 Å². The first-order valence-corrected chi connectivity index (χ1v) is 9.94. The summed E-state index contributed by atoms with van der Waals surface area (Å²) in [5, 5.41) is 0.534. The number of thiazole rings is 1. The van der Waals surface area contributed by atoms with E-state index in [1.165, 1.54) is 23.5 Å². The second kappa shape index (κ2) is 8.79. The molecule has 0 radical (unpaired) electrons. The fourth-order valence-corrected chi connectivity index (χ4v) is 3.85. The smallest absolute Gasteiger partial charge is 0.232 e. The third-order valence-electron chi connectivity index (χ3n) is 4.29. The number of rotatable bonds is 7. The third-order valence-corrected chi connectivity index (χ3v) is 5.33. The minimum Gasteiger partial charge on any atom is -0.493 e. The topological polar surface area (TPSA) is 55.3 Å². The van der Waals surface area contributed by atoms with Crippen molar-refractivity contribution < 1.29 is 13.9 Å². The van der Waals surface area contributed by atoms with Crippen LogP contribution in [0.3, 0.4) is 0 Å². The molecule has 0 N–H and O–H groups in total. The van der Waals surface area contributed by atoms with E-state index in [9.17, 15) is 9.18 Å². The van der Waals surface area contributed by atoms with Crippen molar-refractivity contribution in [1.29, 1.82) is 0 Å². The predicted octanol–water partition coefficient (Wildman–Crippen LogP) is 4.83. The van der Waals surface area contributed by atoms with Gasteiger partial charge in [-0.3, -0.25) is 14.7 Å². The lowest BCUT2D eigenvalue weighted by Gasteiger charge is -2.20. The number of para-hydroxylation sites is 1. The van der Waals surface area contributed by atoms with E-state index in [1.54, 1.807) is 23.4 Å². The molecule has 4 aromatic rings. The maximum atomic E-state index is 13.6. The van der Waals surface area contributed by atoms with E-state index >= 15 is 0 Å². The van der Waals surface area contributed by atoms with Gasteiger partial charge in [0.25, 0.3) is 0 Å². The Morgan fingerprint density at radius 1 is 1.07 bits per heavy atom. The molecular formula is C22H18FN3O2S. The molecule has 0 aliphatic rings. The number of anilines is 1. The normalized spacial score (nSPS) is 10.8. The number of carbonyl (C=O) groups excluding carboxylic acids is 1. The Labute approximate surface area is 171 Å². The highest BCUT2D eigenvalue weighted by atomic mass is 32.1. The summed E-state index contributed by atoms with van der Waals surface area (Å²) in [6.45, 7) is 0.615. The van der Waals surface area contributed by atoms with Crippen LogP contribution in [-0.4, -0.2) is 22.5 Å². The molecule has 1 amide bonds. The summed E-state index contributed by atoms with van der Waals surface area (Å²) in [5.41, 5.74) is 1.60. The summed E-state index contributed by atoms with van der Waals surface area (Å²) in [7, 11) is 0. The van der Waals surface area contributed by atoms with Crippen molar-refractivity contribution in [2.75, 3.05) is 11.5 Å². The third kappa shape index (κ3) is 4.75. The second-order valence-corrected chi connectivity index (χ2v) is 7.36. The van der Waals surface area contributed by atoms with Crippen LogP contribution in [0, 0.1) is 5.82 Å². The molecule has 7 heteroatoms. The number of ether oxygens (including phenoxy) is 1. The average Bonchev–Trinajstić information content (AvgIpc) is 3.16. The highest BCUT2D eigenvalue weighted by Gasteiger charge is 2.20. The standard InChI is InChI=1S/C22H18FN3O2S/c23-17-6-7-19-20(14-17)29-22(25-19)26(15-16-8-11-24-12-9-16)21(27)10-13-28-18-4-2-1-3-5-18/h1-9,11-12,14H,10,13,15H2. The molecule has 4 rings (SSSR count). The van der Waals surface area contributed by atoms with Crippen molar-refractivity contribution in [3.05, 3.63) is 84.4 Å². The molecule has 0 fully saturated rings. The summed E-state index contributed by atoms with van der Waals surface area (Å²) < 4.78 is 19.9. The molecule has 0 aliphatic heterocycles. The monoisotopic (exact) mass is 407 g/mol. The molecular weight excluding hydrogens is 389 g/mol. The van der Waals surface area contributed by atoms with Crippen LogP contribution in [0.4, 0.5) is 9.52 Å². The lowest BCUT2D eigenvalue weighted by molar-refractivity contribution is -0.119. The van der Waals surface area contributed by atoms with Crippen LogP contribution in [0.25, 0.3) is 10.2 Å². The summed E-state index contributed by atoms with van der Waals surface area (Å²) in [5.74, 6) is 0.282. The van der Waals surface area contributed by atoms with Gasteiger partial charge in [0.05, 0.1) is 29.8 Å². The van der Waals surface area contributed by atoms with Gasteiger partial charge in [0.15, 0.2) is 5.13 Å². The molecule has 0 unspecified atom stereocenters. The van der Waals surface area contributed by atoms with Crippen molar-refractivity contribution in [2.24, 2.45) is 0 Å². The first-order valence-electron chi connectivity index (χ1n) is 9.12. The number of hydrogen-bond acceptors (Lipinski definition) is 5. The highest BCUT2D eigenvalue weighted by molar-refractivity contribution is 7.22. The first kappa shape index (κ1) is 19.0. The highest BCUT2D eigenvalue weighted by Crippen LogP contribution is 2.30. The number of aromatic nitrogens is 2. The first-order chi connectivity index (χ1) is 14.2. The van der Waals surface area contributed by atoms with Crippen molar-refractivity contribution in [1.82, 2.24) is 9.97 Å². The predicted molar refractivity (Wildman–Crippen MR) is 112 cm³/mol. The molecule has 0 saturated carbocycles. The Bertz CT molecular complexity index is 1100. The van der Waals surface area contributed by atoms with Gasteiger partial charge in [-0.25, -0.2) is 9.37 Å². The Balaban J connectivity index is 1.54. The number of amides is 1. The summed E-state index contributed by atoms with van der Waals surface area (Å²) >= 11 is 1.29. The fraction of sp³-hybridized carbons (Fsp3) is 0.136. The van der Waals surface area contributed by atoms with E-state index in [2.05, 4.69) is 9.97 Å². The Morgan fingerprint density at radius 3 is 2.66 bits per heavy atom. The average molecular weight is 407 g/mol. The molecule has 29 heavy (non-hydrogen) atoms. The lowest BCUT2D eigenvalue weighted by atomic mass is 10.2. The van der Waals surface area contributed by atoms with Crippen LogP contribution in [-0.2, 0) is 11.3 Å². The van der Waals surface area contributed by atoms with E-state index in [1.807, 2.05) is 42.5 Å². The zero-order valence-electron chi connectivity index (χ0n) is 15.5. The second-order valence-electron chi connectivity index (χ2n) is 6.36. The van der Waals surface area contributed by atoms with Crippen LogP contribution in [0.1, 0.15) is 12.0 Å². The molecule has 0 atom stereocenters. The van der Waals surface area contributed by atoms with Crippen LogP contribution in [0.15, 0.2) is 73.1 Å². The Morgan fingerprint density at radius 2 is 1.86 bits per heavy atom. The van der Waals surface area contributed by atoms with Gasteiger partial charge in [-0.05, 0) is 48.0 Å². The summed E-state index contributed by atoms with van der Waals surface area (Å²) in [4.78, 5) is 23.2. The Hall–Kier alpha value is -3.32. The number of benzene rings is 2. The Kier molecular flexibility index (Phi) is 5.76. The quantitative estimate of drug-likeness (QED) is 0.440. The SMILES string of the molecule is O=C(CCOc1ccccc1)N(Cc1ccncc1)c1nc2ccc(F)cc2s1. The van der Waals surface area contributed by atoms with E-state index < -0.39 is 0 Å². The van der Waals surface area contributed by atoms with Gasteiger partial charge in [-0.15, -0.1) is 0 Å². The van der Waals surface area contributed by atoms with Gasteiger partial charge >= 0.3 is 0 Å². The zero-order valence-corrected chi connectivity index (χ0v) is 16.3. The molecule has 2 heterocycles. The number of fused-ring (bicyclic) bond motifs is 1. The maximum Gasteiger partial charge on any atom is 0.232 e. The largest absolute Gasteiger partial charge is 0.493 e. The summed E-state index contributed by atoms with van der Waals surface area (Å²) in [6.07, 6.45) is 3.57. The molecule has 0 saturated heterocycles. The minimum atomic E-state index is -0.323. The van der Waals surface area contributed by atoms with Gasteiger partial charge in [0.1, 0.15) is 11.6 Å². The molecule has 0 aliphatic carbocycles. The van der Waals surface area contributed by atoms with Crippen LogP contribution in [0.5, 0.6) is 5.75 Å². The van der Waals surface area contributed by atoms with Gasteiger partial charge in [0.2, 0.25) is 5.91 Å². The van der Waals surface area contributed by atoms with Crippen molar-refractivity contribution in [3.63, 3.8) is 0 Å². The van der Waals surface area contributed by atoms with Crippen molar-refractivity contribution in [3.8, 4) is 5.75 Å². The maximum absolute atomic E-state index is 13.6.